The van der Waals surface area contributed by atoms with Gasteiger partial charge < -0.3 is 9.88 Å². The van der Waals surface area contributed by atoms with Crippen molar-refractivity contribution in [3.8, 4) is 5.69 Å². The zero-order valence-corrected chi connectivity index (χ0v) is 11.8. The highest BCUT2D eigenvalue weighted by molar-refractivity contribution is 9.10. The Kier molecular flexibility index (Phi) is 4.20. The maximum absolute atomic E-state index is 6.06. The topological polar surface area (TPSA) is 29.9 Å². The molecule has 0 aliphatic rings. The lowest BCUT2D eigenvalue weighted by Crippen LogP contribution is -2.11. The molecular weight excluding hydrogens is 302 g/mol. The second-order valence-electron chi connectivity index (χ2n) is 3.65. The van der Waals surface area contributed by atoms with Crippen LogP contribution in [0.1, 0.15) is 12.6 Å². The van der Waals surface area contributed by atoms with E-state index in [9.17, 15) is 0 Å². The summed E-state index contributed by atoms with van der Waals surface area (Å²) in [6.07, 6.45) is 3.80. The van der Waals surface area contributed by atoms with E-state index in [4.69, 9.17) is 11.6 Å². The summed E-state index contributed by atoms with van der Waals surface area (Å²) in [5.74, 6) is 0. The molecule has 1 aromatic carbocycles. The average Bonchev–Trinajstić information content (AvgIpc) is 2.79. The van der Waals surface area contributed by atoms with Gasteiger partial charge in [-0.3, -0.25) is 0 Å². The maximum atomic E-state index is 6.06. The largest absolute Gasteiger partial charge is 0.311 e. The first-order chi connectivity index (χ1) is 8.20. The molecule has 0 unspecified atom stereocenters. The van der Waals surface area contributed by atoms with Crippen molar-refractivity contribution in [2.24, 2.45) is 0 Å². The molecule has 0 spiro atoms. The number of nitrogens with zero attached hydrogens (tertiary/aromatic N) is 2. The number of aromatic nitrogens is 2. The molecule has 0 atom stereocenters. The number of nitrogens with one attached hydrogen (secondary N) is 1. The van der Waals surface area contributed by atoms with Gasteiger partial charge in [0.2, 0.25) is 0 Å². The molecule has 1 N–H and O–H groups in total. The first-order valence-electron chi connectivity index (χ1n) is 5.39. The van der Waals surface area contributed by atoms with E-state index in [0.717, 1.165) is 28.9 Å². The quantitative estimate of drug-likeness (QED) is 0.937. The van der Waals surface area contributed by atoms with Gasteiger partial charge in [0.15, 0.2) is 0 Å². The molecule has 0 aliphatic carbocycles. The van der Waals surface area contributed by atoms with Crippen LogP contribution < -0.4 is 5.32 Å². The second kappa shape index (κ2) is 5.67. The van der Waals surface area contributed by atoms with Crippen molar-refractivity contribution in [1.82, 2.24) is 14.9 Å². The molecule has 0 saturated heterocycles. The first-order valence-corrected chi connectivity index (χ1v) is 6.57. The van der Waals surface area contributed by atoms with Crippen LogP contribution in [0, 0.1) is 0 Å². The van der Waals surface area contributed by atoms with Crippen LogP contribution >= 0.6 is 27.5 Å². The van der Waals surface area contributed by atoms with E-state index in [1.165, 1.54) is 0 Å². The lowest BCUT2D eigenvalue weighted by molar-refractivity contribution is 0.713. The normalized spacial score (nSPS) is 10.8. The van der Waals surface area contributed by atoms with Crippen molar-refractivity contribution in [1.29, 1.82) is 0 Å². The molecule has 0 bridgehead atoms. The van der Waals surface area contributed by atoms with Crippen molar-refractivity contribution in [2.45, 2.75) is 13.5 Å². The van der Waals surface area contributed by atoms with Crippen molar-refractivity contribution in [3.63, 3.8) is 0 Å². The molecule has 3 nitrogen and oxygen atoms in total. The number of benzene rings is 1. The van der Waals surface area contributed by atoms with Crippen LogP contribution in [0.5, 0.6) is 0 Å². The molecule has 0 saturated carbocycles. The highest BCUT2D eigenvalue weighted by atomic mass is 79.9. The Morgan fingerprint density at radius 1 is 1.47 bits per heavy atom. The van der Waals surface area contributed by atoms with Crippen LogP contribution in [-0.2, 0) is 6.54 Å². The van der Waals surface area contributed by atoms with Gasteiger partial charge in [-0.25, -0.2) is 4.98 Å². The minimum absolute atomic E-state index is 0.699. The lowest BCUT2D eigenvalue weighted by Gasteiger charge is -2.03. The number of hydrogen-bond acceptors (Lipinski definition) is 2. The van der Waals surface area contributed by atoms with Crippen molar-refractivity contribution in [3.05, 3.63) is 45.9 Å². The summed E-state index contributed by atoms with van der Waals surface area (Å²) in [6, 6.07) is 5.83. The summed E-state index contributed by atoms with van der Waals surface area (Å²) in [6.45, 7) is 3.80. The summed E-state index contributed by atoms with van der Waals surface area (Å²) in [5, 5.41) is 3.94. The molecule has 2 rings (SSSR count). The van der Waals surface area contributed by atoms with Gasteiger partial charge in [-0.2, -0.15) is 0 Å². The van der Waals surface area contributed by atoms with E-state index in [-0.39, 0.29) is 0 Å². The summed E-state index contributed by atoms with van der Waals surface area (Å²) >= 11 is 9.44. The zero-order chi connectivity index (χ0) is 12.3. The van der Waals surface area contributed by atoms with E-state index < -0.39 is 0 Å². The standard InChI is InChI=1S/C12H13BrClN3/c1-2-15-6-9-7-17(8-16-9)10-3-4-11(13)12(14)5-10/h3-5,7-8,15H,2,6H2,1H3. The summed E-state index contributed by atoms with van der Waals surface area (Å²) in [4.78, 5) is 4.33. The number of halogens is 2. The van der Waals surface area contributed by atoms with Crippen LogP contribution in [0.2, 0.25) is 5.02 Å². The maximum Gasteiger partial charge on any atom is 0.0995 e. The van der Waals surface area contributed by atoms with E-state index in [0.29, 0.717) is 5.02 Å². The molecule has 1 aromatic heterocycles. The van der Waals surface area contributed by atoms with Gasteiger partial charge in [0.25, 0.3) is 0 Å². The van der Waals surface area contributed by atoms with Crippen molar-refractivity contribution in [2.75, 3.05) is 6.54 Å². The van der Waals surface area contributed by atoms with Gasteiger partial charge >= 0.3 is 0 Å². The third kappa shape index (κ3) is 3.09. The number of rotatable bonds is 4. The lowest BCUT2D eigenvalue weighted by atomic mass is 10.3. The Bertz CT molecular complexity index is 510. The van der Waals surface area contributed by atoms with E-state index in [1.54, 1.807) is 6.33 Å². The Morgan fingerprint density at radius 3 is 3.00 bits per heavy atom. The van der Waals surface area contributed by atoms with Crippen molar-refractivity contribution < 1.29 is 0 Å². The Hall–Kier alpha value is -0.840. The molecule has 2 aromatic rings. The van der Waals surface area contributed by atoms with Gasteiger partial charge in [0.05, 0.1) is 17.0 Å². The van der Waals surface area contributed by atoms with Gasteiger partial charge in [-0.1, -0.05) is 18.5 Å². The predicted molar refractivity (Wildman–Crippen MR) is 73.7 cm³/mol. The van der Waals surface area contributed by atoms with E-state index in [2.05, 4.69) is 33.2 Å². The Balaban J connectivity index is 2.21. The van der Waals surface area contributed by atoms with Gasteiger partial charge in [-0.15, -0.1) is 0 Å². The van der Waals surface area contributed by atoms with Crippen LogP contribution in [0.15, 0.2) is 35.2 Å². The molecular formula is C12H13BrClN3. The summed E-state index contributed by atoms with van der Waals surface area (Å²) < 4.78 is 2.86. The van der Waals surface area contributed by atoms with Crippen LogP contribution in [0.25, 0.3) is 5.69 Å². The highest BCUT2D eigenvalue weighted by Gasteiger charge is 2.03. The Labute approximate surface area is 114 Å². The molecule has 0 amide bonds. The van der Waals surface area contributed by atoms with E-state index >= 15 is 0 Å². The fourth-order valence-corrected chi connectivity index (χ4v) is 1.92. The fraction of sp³-hybridized carbons (Fsp3) is 0.250. The zero-order valence-electron chi connectivity index (χ0n) is 9.45. The smallest absolute Gasteiger partial charge is 0.0995 e. The minimum Gasteiger partial charge on any atom is -0.311 e. The molecule has 0 radical (unpaired) electrons. The highest BCUT2D eigenvalue weighted by Crippen LogP contribution is 2.24. The molecule has 0 fully saturated rings. The van der Waals surface area contributed by atoms with Crippen LogP contribution in [0.3, 0.4) is 0 Å². The molecule has 1 heterocycles. The average molecular weight is 315 g/mol. The van der Waals surface area contributed by atoms with Gasteiger partial charge in [0.1, 0.15) is 0 Å². The fourth-order valence-electron chi connectivity index (χ4n) is 1.49. The Morgan fingerprint density at radius 2 is 2.29 bits per heavy atom. The first kappa shape index (κ1) is 12.6. The minimum atomic E-state index is 0.699. The predicted octanol–water partition coefficient (Wildman–Crippen LogP) is 3.40. The molecule has 0 aliphatic heterocycles. The number of hydrogen-bond donors (Lipinski definition) is 1. The van der Waals surface area contributed by atoms with Gasteiger partial charge in [0, 0.05) is 22.9 Å². The monoisotopic (exact) mass is 313 g/mol. The van der Waals surface area contributed by atoms with Crippen LogP contribution in [0.4, 0.5) is 0 Å². The molecule has 90 valence electrons. The molecule has 5 heteroatoms. The van der Waals surface area contributed by atoms with Crippen LogP contribution in [-0.4, -0.2) is 16.1 Å². The SMILES string of the molecule is CCNCc1cn(-c2ccc(Br)c(Cl)c2)cn1. The van der Waals surface area contributed by atoms with Crippen molar-refractivity contribution >= 4 is 27.5 Å². The van der Waals surface area contributed by atoms with Gasteiger partial charge in [-0.05, 0) is 40.7 Å². The van der Waals surface area contributed by atoms with E-state index in [1.807, 2.05) is 29.0 Å². The third-order valence-corrected chi connectivity index (χ3v) is 3.63. The summed E-state index contributed by atoms with van der Waals surface area (Å²) in [5.41, 5.74) is 2.03. The molecule has 17 heavy (non-hydrogen) atoms. The second-order valence-corrected chi connectivity index (χ2v) is 4.91. The summed E-state index contributed by atoms with van der Waals surface area (Å²) in [7, 11) is 0. The third-order valence-electron chi connectivity index (χ3n) is 2.39. The number of imidazole rings is 1.